The van der Waals surface area contributed by atoms with Gasteiger partial charge in [-0.05, 0) is 70.6 Å². The summed E-state index contributed by atoms with van der Waals surface area (Å²) >= 11 is 0. The van der Waals surface area contributed by atoms with Gasteiger partial charge in [0.2, 0.25) is 10.0 Å². The van der Waals surface area contributed by atoms with Gasteiger partial charge in [0.1, 0.15) is 11.4 Å². The van der Waals surface area contributed by atoms with Crippen LogP contribution < -0.4 is 20.3 Å². The minimum Gasteiger partial charge on any atom is -0.497 e. The summed E-state index contributed by atoms with van der Waals surface area (Å²) in [6, 6.07) is 9.19. The first-order valence-corrected chi connectivity index (χ1v) is 15.0. The molecule has 3 aromatic rings. The third kappa shape index (κ3) is 7.42. The number of ether oxygens (including phenoxy) is 2. The predicted molar refractivity (Wildman–Crippen MR) is 155 cm³/mol. The van der Waals surface area contributed by atoms with Gasteiger partial charge in [0.25, 0.3) is 11.2 Å². The Kier molecular flexibility index (Phi) is 9.16. The maximum absolute atomic E-state index is 13.6. The fraction of sp³-hybridized carbons (Fsp3) is 0.464. The number of sulfonamides is 1. The summed E-state index contributed by atoms with van der Waals surface area (Å²) in [6.45, 7) is 5.27. The third-order valence-electron chi connectivity index (χ3n) is 7.15. The van der Waals surface area contributed by atoms with Gasteiger partial charge < -0.3 is 19.4 Å². The number of carbonyl (C=O) groups excluding carboxylic acids is 1. The summed E-state index contributed by atoms with van der Waals surface area (Å²) in [5.41, 5.74) is -0.664. The number of hydrogen-bond acceptors (Lipinski definition) is 9. The van der Waals surface area contributed by atoms with Crippen molar-refractivity contribution in [2.75, 3.05) is 7.11 Å². The highest BCUT2D eigenvalue weighted by Gasteiger charge is 2.35. The van der Waals surface area contributed by atoms with Crippen LogP contribution >= 0.6 is 0 Å². The fourth-order valence-electron chi connectivity index (χ4n) is 5.17. The molecule has 2 N–H and O–H groups in total. The van der Waals surface area contributed by atoms with Crippen LogP contribution in [-0.4, -0.2) is 53.8 Å². The van der Waals surface area contributed by atoms with Crippen LogP contribution in [0.25, 0.3) is 11.0 Å². The molecular weight excluding hydrogens is 566 g/mol. The number of amides is 1. The Bertz CT molecular complexity index is 1630. The summed E-state index contributed by atoms with van der Waals surface area (Å²) < 4.78 is 42.0. The average molecular weight is 602 g/mol. The standard InChI is InChI=1S/C28H35N5O8S/c1-28(2,3)41-27(35)30-19-11-9-18(10-12-19)22(31-42(38,39)25-8-6-5-7-23(25)33(36)37)17-32-24-15-20(40-4)13-14-21(24)29-16-26(32)34/h5-8,13-16,18-19,22,31H,9-12,17H2,1-4H3,(H,30,35). The number of nitrogens with zero attached hydrogens (tertiary/aromatic N) is 3. The number of nitro groups is 1. The second-order valence-electron chi connectivity index (χ2n) is 11.3. The van der Waals surface area contributed by atoms with Gasteiger partial charge >= 0.3 is 6.09 Å². The maximum atomic E-state index is 13.6. The number of para-hydroxylation sites is 1. The molecule has 0 saturated heterocycles. The molecule has 226 valence electrons. The van der Waals surface area contributed by atoms with E-state index >= 15 is 0 Å². The molecule has 1 amide bonds. The van der Waals surface area contributed by atoms with Crippen LogP contribution in [0.3, 0.4) is 0 Å². The number of methoxy groups -OCH3 is 1. The number of carbonyl (C=O) groups is 1. The number of nitrogens with one attached hydrogen (secondary N) is 2. The lowest BCUT2D eigenvalue weighted by Crippen LogP contribution is -2.48. The molecule has 1 saturated carbocycles. The second-order valence-corrected chi connectivity index (χ2v) is 13.0. The van der Waals surface area contributed by atoms with Crippen LogP contribution in [0.5, 0.6) is 5.75 Å². The Balaban J connectivity index is 1.66. The molecule has 0 radical (unpaired) electrons. The molecule has 0 aliphatic heterocycles. The van der Waals surface area contributed by atoms with Crippen molar-refractivity contribution in [1.82, 2.24) is 19.6 Å². The molecule has 1 aliphatic carbocycles. The van der Waals surface area contributed by atoms with Crippen molar-refractivity contribution in [1.29, 1.82) is 0 Å². The van der Waals surface area contributed by atoms with Gasteiger partial charge in [-0.25, -0.2) is 22.9 Å². The quantitative estimate of drug-likeness (QED) is 0.274. The van der Waals surface area contributed by atoms with Gasteiger partial charge in [-0.15, -0.1) is 0 Å². The van der Waals surface area contributed by atoms with Gasteiger partial charge in [-0.3, -0.25) is 14.9 Å². The molecule has 1 aromatic heterocycles. The van der Waals surface area contributed by atoms with Crippen LogP contribution in [0.1, 0.15) is 46.5 Å². The highest BCUT2D eigenvalue weighted by Crippen LogP contribution is 2.31. The molecule has 4 rings (SSSR count). The summed E-state index contributed by atoms with van der Waals surface area (Å²) in [6.07, 6.45) is 2.78. The molecule has 1 heterocycles. The molecular formula is C28H35N5O8S. The Morgan fingerprint density at radius 3 is 2.50 bits per heavy atom. The molecule has 14 heteroatoms. The van der Waals surface area contributed by atoms with Crippen LogP contribution in [-0.2, 0) is 21.3 Å². The lowest BCUT2D eigenvalue weighted by Gasteiger charge is -2.35. The minimum absolute atomic E-state index is 0.0558. The largest absolute Gasteiger partial charge is 0.497 e. The molecule has 13 nitrogen and oxygen atoms in total. The number of alkyl carbamates (subject to hydrolysis) is 1. The Labute approximate surface area is 243 Å². The second kappa shape index (κ2) is 12.4. The van der Waals surface area contributed by atoms with Gasteiger partial charge in [0, 0.05) is 30.8 Å². The fourth-order valence-corrected chi connectivity index (χ4v) is 6.64. The number of aromatic nitrogens is 2. The third-order valence-corrected chi connectivity index (χ3v) is 8.69. The zero-order valence-electron chi connectivity index (χ0n) is 23.9. The van der Waals surface area contributed by atoms with E-state index < -0.39 is 48.8 Å². The predicted octanol–water partition coefficient (Wildman–Crippen LogP) is 3.74. The summed E-state index contributed by atoms with van der Waals surface area (Å²) in [4.78, 5) is 39.9. The van der Waals surface area contributed by atoms with Crippen molar-refractivity contribution < 1.29 is 27.6 Å². The molecule has 0 spiro atoms. The summed E-state index contributed by atoms with van der Waals surface area (Å²) in [5, 5.41) is 14.5. The number of nitro benzene ring substituents is 1. The van der Waals surface area contributed by atoms with Crippen molar-refractivity contribution in [3.63, 3.8) is 0 Å². The minimum atomic E-state index is -4.37. The summed E-state index contributed by atoms with van der Waals surface area (Å²) in [5.74, 6) is 0.245. The Hall–Kier alpha value is -4.04. The molecule has 1 fully saturated rings. The number of fused-ring (bicyclic) bond motifs is 1. The van der Waals surface area contributed by atoms with Crippen LogP contribution in [0, 0.1) is 16.0 Å². The van der Waals surface area contributed by atoms with E-state index in [2.05, 4.69) is 15.0 Å². The van der Waals surface area contributed by atoms with E-state index in [-0.39, 0.29) is 18.5 Å². The smallest absolute Gasteiger partial charge is 0.407 e. The monoisotopic (exact) mass is 601 g/mol. The van der Waals surface area contributed by atoms with E-state index in [4.69, 9.17) is 9.47 Å². The SMILES string of the molecule is COc1ccc2ncc(=O)n(CC(NS(=O)(=O)c3ccccc3[N+](=O)[O-])C3CCC(NC(=O)OC(C)(C)C)CC3)c2c1. The van der Waals surface area contributed by atoms with E-state index in [0.717, 1.165) is 6.07 Å². The zero-order valence-corrected chi connectivity index (χ0v) is 24.7. The molecule has 42 heavy (non-hydrogen) atoms. The van der Waals surface area contributed by atoms with Crippen molar-refractivity contribution in [3.8, 4) is 5.75 Å². The Morgan fingerprint density at radius 2 is 1.86 bits per heavy atom. The average Bonchev–Trinajstić information content (AvgIpc) is 2.93. The Morgan fingerprint density at radius 1 is 1.17 bits per heavy atom. The van der Waals surface area contributed by atoms with E-state index in [1.54, 1.807) is 39.0 Å². The van der Waals surface area contributed by atoms with Gasteiger partial charge in [0.05, 0.1) is 29.3 Å². The number of benzene rings is 2. The van der Waals surface area contributed by atoms with E-state index in [1.165, 1.54) is 36.1 Å². The van der Waals surface area contributed by atoms with Crippen molar-refractivity contribution in [2.24, 2.45) is 5.92 Å². The highest BCUT2D eigenvalue weighted by molar-refractivity contribution is 7.89. The van der Waals surface area contributed by atoms with Crippen molar-refractivity contribution in [3.05, 3.63) is 69.1 Å². The van der Waals surface area contributed by atoms with E-state index in [9.17, 15) is 28.1 Å². The molecule has 0 bridgehead atoms. The zero-order chi connectivity index (χ0) is 30.7. The maximum Gasteiger partial charge on any atom is 0.407 e. The normalized spacial score (nSPS) is 18.3. The summed E-state index contributed by atoms with van der Waals surface area (Å²) in [7, 11) is -2.88. The molecule has 2 aromatic carbocycles. The van der Waals surface area contributed by atoms with Crippen LogP contribution in [0.15, 0.2) is 58.4 Å². The van der Waals surface area contributed by atoms with Crippen molar-refractivity contribution in [2.45, 2.75) is 75.6 Å². The van der Waals surface area contributed by atoms with Gasteiger partial charge in [-0.2, -0.15) is 0 Å². The van der Waals surface area contributed by atoms with Crippen LogP contribution in [0.2, 0.25) is 0 Å². The molecule has 1 atom stereocenters. The number of rotatable bonds is 9. The van der Waals surface area contributed by atoms with E-state index in [0.29, 0.717) is 42.5 Å². The lowest BCUT2D eigenvalue weighted by atomic mass is 9.81. The lowest BCUT2D eigenvalue weighted by molar-refractivity contribution is -0.387. The first-order chi connectivity index (χ1) is 19.8. The first-order valence-electron chi connectivity index (χ1n) is 13.6. The van der Waals surface area contributed by atoms with Gasteiger partial charge in [-0.1, -0.05) is 12.1 Å². The molecule has 1 aliphatic rings. The first kappa shape index (κ1) is 30.9. The van der Waals surface area contributed by atoms with Crippen molar-refractivity contribution >= 4 is 32.8 Å². The topological polar surface area (TPSA) is 172 Å². The van der Waals surface area contributed by atoms with E-state index in [1.807, 2.05) is 0 Å². The highest BCUT2D eigenvalue weighted by atomic mass is 32.2. The van der Waals surface area contributed by atoms with Gasteiger partial charge in [0.15, 0.2) is 4.90 Å². The number of hydrogen-bond donors (Lipinski definition) is 2. The molecule has 1 unspecified atom stereocenters. The van der Waals surface area contributed by atoms with Crippen LogP contribution in [0.4, 0.5) is 10.5 Å².